The molecule has 0 saturated heterocycles. The molecule has 1 saturated carbocycles. The summed E-state index contributed by atoms with van der Waals surface area (Å²) in [6.45, 7) is 1.55. The quantitative estimate of drug-likeness (QED) is 0.283. The third-order valence-electron chi connectivity index (χ3n) is 6.64. The summed E-state index contributed by atoms with van der Waals surface area (Å²) in [5.74, 6) is 0.653. The van der Waals surface area contributed by atoms with Gasteiger partial charge < -0.3 is 15.0 Å². The summed E-state index contributed by atoms with van der Waals surface area (Å²) in [6, 6.07) is 15.9. The van der Waals surface area contributed by atoms with Gasteiger partial charge in [0.05, 0.1) is 31.9 Å². The molecule has 1 N–H and O–H groups in total. The number of carbonyl (C=O) groups excluding carboxylic acids is 1. The first-order chi connectivity index (χ1) is 16.6. The molecule has 9 heteroatoms. The maximum atomic E-state index is 13.8. The number of nitrogens with one attached hydrogen (secondary N) is 1. The van der Waals surface area contributed by atoms with E-state index in [4.69, 9.17) is 14.0 Å². The minimum atomic E-state index is -0.0852. The number of carbonyl (C=O) groups is 1. The van der Waals surface area contributed by atoms with E-state index in [1.54, 1.807) is 11.8 Å². The van der Waals surface area contributed by atoms with Gasteiger partial charge in [-0.2, -0.15) is 9.43 Å². The van der Waals surface area contributed by atoms with Gasteiger partial charge in [0.2, 0.25) is 0 Å². The van der Waals surface area contributed by atoms with E-state index in [-0.39, 0.29) is 11.3 Å². The van der Waals surface area contributed by atoms with Crippen LogP contribution in [0, 0.1) is 0 Å². The average Bonchev–Trinajstić information content (AvgIpc) is 3.56. The fourth-order valence-corrected chi connectivity index (χ4v) is 5.22. The van der Waals surface area contributed by atoms with Crippen molar-refractivity contribution in [3.8, 4) is 11.4 Å². The van der Waals surface area contributed by atoms with Crippen molar-refractivity contribution in [2.45, 2.75) is 29.7 Å². The molecule has 0 radical (unpaired) electrons. The molecule has 2 aliphatic rings. The molecule has 2 aromatic carbocycles. The molecule has 2 heterocycles. The van der Waals surface area contributed by atoms with E-state index in [2.05, 4.69) is 34.7 Å². The van der Waals surface area contributed by atoms with Gasteiger partial charge in [0.15, 0.2) is 5.03 Å². The molecule has 0 spiro atoms. The van der Waals surface area contributed by atoms with E-state index in [9.17, 15) is 4.79 Å². The summed E-state index contributed by atoms with van der Waals surface area (Å²) in [5.41, 5.74) is 4.64. The molecular formula is C25H28N4O4S. The predicted molar refractivity (Wildman–Crippen MR) is 131 cm³/mol. The van der Waals surface area contributed by atoms with Crippen molar-refractivity contribution in [2.75, 3.05) is 39.3 Å². The van der Waals surface area contributed by atoms with Crippen LogP contribution in [0.15, 0.2) is 53.6 Å². The summed E-state index contributed by atoms with van der Waals surface area (Å²) in [7, 11) is 5.06. The molecule has 5 rings (SSSR count). The standard InChI is InChI=1S/C25H28N4O4S/c1-26-16-25(13-14-25)17-4-6-18(7-5-17)28-15-12-21-22(24(28)30)29(27-23(21)34-33-32-3)19-8-10-20(31-2)11-9-19/h4-11,26H,12-16H2,1-3H3. The Hall–Kier alpha value is -2.85. The molecule has 0 unspecified atom stereocenters. The van der Waals surface area contributed by atoms with Gasteiger partial charge >= 0.3 is 0 Å². The second-order valence-corrected chi connectivity index (χ2v) is 9.31. The molecule has 1 aromatic heterocycles. The van der Waals surface area contributed by atoms with Gasteiger partial charge in [-0.25, -0.2) is 9.57 Å². The number of likely N-dealkylation sites (N-methyl/N-ethyl adjacent to an activating group) is 1. The van der Waals surface area contributed by atoms with E-state index < -0.39 is 0 Å². The molecule has 1 fully saturated rings. The SMILES string of the molecule is CNCC1(c2ccc(N3CCc4c(SOOC)nn(-c5ccc(OC)cc5)c4C3=O)cc2)CC1. The Morgan fingerprint density at radius 3 is 2.38 bits per heavy atom. The number of ether oxygens (including phenoxy) is 1. The summed E-state index contributed by atoms with van der Waals surface area (Å²) >= 11 is 1.02. The zero-order valence-corrected chi connectivity index (χ0v) is 20.4. The molecule has 1 amide bonds. The minimum Gasteiger partial charge on any atom is -0.497 e. The number of hydrogen-bond acceptors (Lipinski definition) is 7. The van der Waals surface area contributed by atoms with E-state index in [0.717, 1.165) is 41.3 Å². The zero-order chi connectivity index (χ0) is 23.7. The number of hydrogen-bond donors (Lipinski definition) is 1. The first-order valence-electron chi connectivity index (χ1n) is 11.3. The highest BCUT2D eigenvalue weighted by Gasteiger charge is 2.43. The lowest BCUT2D eigenvalue weighted by Gasteiger charge is -2.28. The molecule has 1 aliphatic heterocycles. The minimum absolute atomic E-state index is 0.0852. The van der Waals surface area contributed by atoms with Crippen LogP contribution in [0.25, 0.3) is 5.69 Å². The number of nitrogens with zero attached hydrogens (tertiary/aromatic N) is 3. The van der Waals surface area contributed by atoms with Crippen molar-refractivity contribution in [2.24, 2.45) is 0 Å². The normalized spacial score (nSPS) is 16.4. The van der Waals surface area contributed by atoms with Crippen LogP contribution in [-0.2, 0) is 21.1 Å². The topological polar surface area (TPSA) is 77.8 Å². The number of aromatic nitrogens is 2. The van der Waals surface area contributed by atoms with Gasteiger partial charge in [0.1, 0.15) is 11.4 Å². The summed E-state index contributed by atoms with van der Waals surface area (Å²) < 4.78 is 12.0. The number of benzene rings is 2. The Morgan fingerprint density at radius 2 is 1.76 bits per heavy atom. The number of methoxy groups -OCH3 is 1. The molecule has 0 atom stereocenters. The first-order valence-corrected chi connectivity index (χ1v) is 12.0. The van der Waals surface area contributed by atoms with Crippen LogP contribution in [0.5, 0.6) is 5.75 Å². The van der Waals surface area contributed by atoms with E-state index in [1.807, 2.05) is 36.2 Å². The van der Waals surface area contributed by atoms with Crippen LogP contribution in [0.3, 0.4) is 0 Å². The lowest BCUT2D eigenvalue weighted by Crippen LogP contribution is -2.38. The Labute approximate surface area is 203 Å². The van der Waals surface area contributed by atoms with Crippen LogP contribution in [-0.4, -0.2) is 50.0 Å². The van der Waals surface area contributed by atoms with Crippen LogP contribution in [0.2, 0.25) is 0 Å². The predicted octanol–water partition coefficient (Wildman–Crippen LogP) is 3.92. The van der Waals surface area contributed by atoms with Gasteiger partial charge in [-0.05, 0) is 68.3 Å². The lowest BCUT2D eigenvalue weighted by molar-refractivity contribution is -0.160. The molecule has 1 aliphatic carbocycles. The highest BCUT2D eigenvalue weighted by molar-refractivity contribution is 7.94. The molecule has 178 valence electrons. The molecular weight excluding hydrogens is 452 g/mol. The second-order valence-electron chi connectivity index (χ2n) is 8.62. The van der Waals surface area contributed by atoms with E-state index in [1.165, 1.54) is 25.5 Å². The molecule has 34 heavy (non-hydrogen) atoms. The van der Waals surface area contributed by atoms with E-state index >= 15 is 0 Å². The van der Waals surface area contributed by atoms with Gasteiger partial charge in [-0.3, -0.25) is 4.79 Å². The maximum absolute atomic E-state index is 13.8. The van der Waals surface area contributed by atoms with Gasteiger partial charge in [0.25, 0.3) is 5.91 Å². The summed E-state index contributed by atoms with van der Waals surface area (Å²) in [6.07, 6.45) is 3.06. The van der Waals surface area contributed by atoms with Crippen molar-refractivity contribution in [1.29, 1.82) is 0 Å². The van der Waals surface area contributed by atoms with E-state index in [0.29, 0.717) is 23.7 Å². The van der Waals surface area contributed by atoms with Crippen LogP contribution < -0.4 is 15.0 Å². The van der Waals surface area contributed by atoms with Crippen molar-refractivity contribution in [3.63, 3.8) is 0 Å². The summed E-state index contributed by atoms with van der Waals surface area (Å²) in [4.78, 5) is 20.4. The number of amides is 1. The highest BCUT2D eigenvalue weighted by atomic mass is 32.2. The van der Waals surface area contributed by atoms with Crippen LogP contribution >= 0.6 is 12.0 Å². The lowest BCUT2D eigenvalue weighted by atomic mass is 9.95. The van der Waals surface area contributed by atoms with Crippen molar-refractivity contribution < 1.29 is 18.8 Å². The monoisotopic (exact) mass is 480 g/mol. The number of anilines is 1. The zero-order valence-electron chi connectivity index (χ0n) is 19.5. The van der Waals surface area contributed by atoms with Crippen molar-refractivity contribution in [3.05, 3.63) is 65.4 Å². The fourth-order valence-electron chi connectivity index (χ4n) is 4.67. The fraction of sp³-hybridized carbons (Fsp3) is 0.360. The Bertz CT molecular complexity index is 1170. The number of fused-ring (bicyclic) bond motifs is 1. The van der Waals surface area contributed by atoms with Gasteiger partial charge in [-0.15, -0.1) is 0 Å². The van der Waals surface area contributed by atoms with Crippen molar-refractivity contribution in [1.82, 2.24) is 15.1 Å². The summed E-state index contributed by atoms with van der Waals surface area (Å²) in [5, 5.41) is 8.62. The maximum Gasteiger partial charge on any atom is 0.277 e. The Morgan fingerprint density at radius 1 is 1.06 bits per heavy atom. The van der Waals surface area contributed by atoms with Gasteiger partial charge in [-0.1, -0.05) is 12.1 Å². The van der Waals surface area contributed by atoms with Crippen LogP contribution in [0.4, 0.5) is 5.69 Å². The Kier molecular flexibility index (Phi) is 6.35. The van der Waals surface area contributed by atoms with Crippen LogP contribution in [0.1, 0.15) is 34.5 Å². The molecule has 3 aromatic rings. The van der Waals surface area contributed by atoms with Crippen molar-refractivity contribution >= 4 is 23.6 Å². The Balaban J connectivity index is 1.48. The smallest absolute Gasteiger partial charge is 0.277 e. The molecule has 0 bridgehead atoms. The van der Waals surface area contributed by atoms with Gasteiger partial charge in [0, 0.05) is 29.8 Å². The number of rotatable bonds is 9. The third kappa shape index (κ3) is 4.09. The first kappa shape index (κ1) is 22.9. The third-order valence-corrected chi connectivity index (χ3v) is 7.33. The largest absolute Gasteiger partial charge is 0.497 e. The average molecular weight is 481 g/mol. The second kappa shape index (κ2) is 9.42. The highest BCUT2D eigenvalue weighted by Crippen LogP contribution is 2.48. The molecule has 8 nitrogen and oxygen atoms in total.